The van der Waals surface area contributed by atoms with Crippen molar-refractivity contribution in [1.29, 1.82) is 0 Å². The van der Waals surface area contributed by atoms with E-state index in [1.54, 1.807) is 12.4 Å². The molecule has 0 aromatic carbocycles. The topological polar surface area (TPSA) is 84.2 Å². The molecule has 0 spiro atoms. The van der Waals surface area contributed by atoms with Gasteiger partial charge < -0.3 is 10.6 Å². The van der Waals surface area contributed by atoms with Crippen molar-refractivity contribution in [3.05, 3.63) is 22.7 Å². The second-order valence-electron chi connectivity index (χ2n) is 4.87. The molecule has 0 bridgehead atoms. The van der Waals surface area contributed by atoms with Crippen molar-refractivity contribution in [3.63, 3.8) is 0 Å². The normalized spacial score (nSPS) is 19.1. The molecule has 3 rings (SSSR count). The van der Waals surface area contributed by atoms with E-state index in [1.807, 2.05) is 0 Å². The Kier molecular flexibility index (Phi) is 3.93. The maximum absolute atomic E-state index is 12.0. The zero-order valence-corrected chi connectivity index (χ0v) is 12.4. The van der Waals surface area contributed by atoms with Crippen LogP contribution in [0.4, 0.5) is 0 Å². The van der Waals surface area contributed by atoms with Crippen molar-refractivity contribution in [1.82, 2.24) is 30.2 Å². The molecule has 1 saturated heterocycles. The first-order valence-corrected chi connectivity index (χ1v) is 7.38. The summed E-state index contributed by atoms with van der Waals surface area (Å²) in [5.41, 5.74) is 0. The molecule has 2 aromatic heterocycles. The van der Waals surface area contributed by atoms with E-state index >= 15 is 0 Å². The van der Waals surface area contributed by atoms with Crippen molar-refractivity contribution >= 4 is 27.6 Å². The summed E-state index contributed by atoms with van der Waals surface area (Å²) in [7, 11) is 0. The molecule has 106 valence electrons. The van der Waals surface area contributed by atoms with E-state index in [2.05, 4.69) is 41.6 Å². The van der Waals surface area contributed by atoms with E-state index < -0.39 is 0 Å². The van der Waals surface area contributed by atoms with Gasteiger partial charge in [-0.1, -0.05) is 0 Å². The lowest BCUT2D eigenvalue weighted by molar-refractivity contribution is 0.0934. The summed E-state index contributed by atoms with van der Waals surface area (Å²) >= 11 is 3.30. The molecule has 0 saturated carbocycles. The number of hydrogen-bond acceptors (Lipinski definition) is 5. The number of carbonyl (C=O) groups is 1. The number of rotatable bonds is 3. The predicted molar refractivity (Wildman–Crippen MR) is 76.4 cm³/mol. The standard InChI is InChI=1S/C12H15BrN6O/c13-9-6-16-12-17-10(18-19(12)7-9)11(20)15-5-8-2-1-3-14-4-8/h6-8,14H,1-5H2,(H,15,20). The number of carbonyl (C=O) groups excluding carboxylic acids is 1. The lowest BCUT2D eigenvalue weighted by Crippen LogP contribution is -2.38. The van der Waals surface area contributed by atoms with E-state index in [1.165, 1.54) is 4.52 Å². The molecular weight excluding hydrogens is 324 g/mol. The smallest absolute Gasteiger partial charge is 0.291 e. The fraction of sp³-hybridized carbons (Fsp3) is 0.500. The fourth-order valence-electron chi connectivity index (χ4n) is 2.27. The molecule has 2 N–H and O–H groups in total. The van der Waals surface area contributed by atoms with Crippen LogP contribution in [-0.4, -0.2) is 45.1 Å². The highest BCUT2D eigenvalue weighted by Gasteiger charge is 2.17. The largest absolute Gasteiger partial charge is 0.349 e. The molecule has 1 aliphatic heterocycles. The van der Waals surface area contributed by atoms with Gasteiger partial charge in [-0.15, -0.1) is 5.10 Å². The Bertz CT molecular complexity index is 621. The van der Waals surface area contributed by atoms with Crippen LogP contribution < -0.4 is 10.6 Å². The number of aromatic nitrogens is 4. The Morgan fingerprint density at radius 1 is 1.60 bits per heavy atom. The maximum Gasteiger partial charge on any atom is 0.291 e. The van der Waals surface area contributed by atoms with E-state index in [0.717, 1.165) is 30.4 Å². The lowest BCUT2D eigenvalue weighted by atomic mass is 10.00. The molecule has 0 aliphatic carbocycles. The van der Waals surface area contributed by atoms with E-state index in [-0.39, 0.29) is 11.7 Å². The monoisotopic (exact) mass is 338 g/mol. The van der Waals surface area contributed by atoms with Crippen LogP contribution >= 0.6 is 15.9 Å². The van der Waals surface area contributed by atoms with Gasteiger partial charge in [0, 0.05) is 18.9 Å². The molecule has 1 amide bonds. The van der Waals surface area contributed by atoms with Crippen LogP contribution in [0.15, 0.2) is 16.9 Å². The second kappa shape index (κ2) is 5.84. The zero-order valence-electron chi connectivity index (χ0n) is 10.8. The Morgan fingerprint density at radius 2 is 2.50 bits per heavy atom. The van der Waals surface area contributed by atoms with Crippen LogP contribution in [0.3, 0.4) is 0 Å². The lowest BCUT2D eigenvalue weighted by Gasteiger charge is -2.22. The number of hydrogen-bond donors (Lipinski definition) is 2. The fourth-order valence-corrected chi connectivity index (χ4v) is 2.57. The van der Waals surface area contributed by atoms with Crippen molar-refractivity contribution in [2.45, 2.75) is 12.8 Å². The molecule has 1 aliphatic rings. The highest BCUT2D eigenvalue weighted by atomic mass is 79.9. The van der Waals surface area contributed by atoms with E-state index in [4.69, 9.17) is 0 Å². The summed E-state index contributed by atoms with van der Waals surface area (Å²) in [4.78, 5) is 20.2. The van der Waals surface area contributed by atoms with Gasteiger partial charge in [0.25, 0.3) is 11.7 Å². The van der Waals surface area contributed by atoms with Gasteiger partial charge >= 0.3 is 0 Å². The van der Waals surface area contributed by atoms with Gasteiger partial charge in [0.05, 0.1) is 4.47 Å². The second-order valence-corrected chi connectivity index (χ2v) is 5.79. The molecule has 7 nitrogen and oxygen atoms in total. The Morgan fingerprint density at radius 3 is 3.30 bits per heavy atom. The number of halogens is 1. The zero-order chi connectivity index (χ0) is 13.9. The van der Waals surface area contributed by atoms with Crippen LogP contribution in [0.25, 0.3) is 5.78 Å². The molecular formula is C12H15BrN6O. The number of amides is 1. The van der Waals surface area contributed by atoms with Gasteiger partial charge in [-0.05, 0) is 47.8 Å². The SMILES string of the molecule is O=C(NCC1CCCNC1)c1nc2ncc(Br)cn2n1. The van der Waals surface area contributed by atoms with Crippen molar-refractivity contribution in [2.75, 3.05) is 19.6 Å². The van der Waals surface area contributed by atoms with Crippen molar-refractivity contribution in [3.8, 4) is 0 Å². The summed E-state index contributed by atoms with van der Waals surface area (Å²) in [6.45, 7) is 2.67. The van der Waals surface area contributed by atoms with Crippen LogP contribution in [0.1, 0.15) is 23.5 Å². The molecule has 8 heteroatoms. The number of piperidine rings is 1. The minimum Gasteiger partial charge on any atom is -0.349 e. The van der Waals surface area contributed by atoms with Crippen molar-refractivity contribution < 1.29 is 4.79 Å². The predicted octanol–water partition coefficient (Wildman–Crippen LogP) is 0.616. The Balaban J connectivity index is 1.65. The minimum absolute atomic E-state index is 0.152. The molecule has 2 aromatic rings. The summed E-state index contributed by atoms with van der Waals surface area (Å²) in [6.07, 6.45) is 5.64. The van der Waals surface area contributed by atoms with Gasteiger partial charge in [0.2, 0.25) is 5.82 Å². The van der Waals surface area contributed by atoms with Gasteiger partial charge in [-0.3, -0.25) is 4.79 Å². The summed E-state index contributed by atoms with van der Waals surface area (Å²) in [5.74, 6) is 0.797. The molecule has 1 atom stereocenters. The third kappa shape index (κ3) is 2.96. The van der Waals surface area contributed by atoms with E-state index in [0.29, 0.717) is 18.2 Å². The average Bonchev–Trinajstić information content (AvgIpc) is 2.89. The first-order chi connectivity index (χ1) is 9.72. The van der Waals surface area contributed by atoms with Gasteiger partial charge in [-0.25, -0.2) is 9.50 Å². The molecule has 3 heterocycles. The summed E-state index contributed by atoms with van der Waals surface area (Å²) < 4.78 is 2.27. The molecule has 0 radical (unpaired) electrons. The number of nitrogens with zero attached hydrogens (tertiary/aromatic N) is 4. The van der Waals surface area contributed by atoms with E-state index in [9.17, 15) is 4.79 Å². The van der Waals surface area contributed by atoms with Crippen LogP contribution in [0.5, 0.6) is 0 Å². The highest BCUT2D eigenvalue weighted by Crippen LogP contribution is 2.09. The highest BCUT2D eigenvalue weighted by molar-refractivity contribution is 9.10. The Hall–Kier alpha value is -1.54. The first kappa shape index (κ1) is 13.4. The Labute approximate surface area is 124 Å². The van der Waals surface area contributed by atoms with Gasteiger partial charge in [0.1, 0.15) is 0 Å². The van der Waals surface area contributed by atoms with Gasteiger partial charge in [-0.2, -0.15) is 4.98 Å². The molecule has 1 fully saturated rings. The number of nitrogens with one attached hydrogen (secondary N) is 2. The molecule has 20 heavy (non-hydrogen) atoms. The molecule has 1 unspecified atom stereocenters. The quantitative estimate of drug-likeness (QED) is 0.856. The van der Waals surface area contributed by atoms with Crippen LogP contribution in [-0.2, 0) is 0 Å². The van der Waals surface area contributed by atoms with Crippen LogP contribution in [0.2, 0.25) is 0 Å². The average molecular weight is 339 g/mol. The minimum atomic E-state index is -0.253. The summed E-state index contributed by atoms with van der Waals surface area (Å²) in [6, 6.07) is 0. The first-order valence-electron chi connectivity index (χ1n) is 6.59. The van der Waals surface area contributed by atoms with Crippen molar-refractivity contribution in [2.24, 2.45) is 5.92 Å². The number of fused-ring (bicyclic) bond motifs is 1. The van der Waals surface area contributed by atoms with Crippen LogP contribution in [0, 0.1) is 5.92 Å². The van der Waals surface area contributed by atoms with Gasteiger partial charge in [0.15, 0.2) is 0 Å². The summed E-state index contributed by atoms with van der Waals surface area (Å²) in [5, 5.41) is 10.3. The maximum atomic E-state index is 12.0. The third-order valence-electron chi connectivity index (χ3n) is 3.32. The third-order valence-corrected chi connectivity index (χ3v) is 3.73.